The highest BCUT2D eigenvalue weighted by Crippen LogP contribution is 2.41. The second kappa shape index (κ2) is 12.9. The quantitative estimate of drug-likeness (QED) is 0.101. The average molecular weight is 668 g/mol. The van der Waals surface area contributed by atoms with Gasteiger partial charge in [-0.15, -0.1) is 0 Å². The van der Waals surface area contributed by atoms with Crippen LogP contribution in [0.25, 0.3) is 27.7 Å². The van der Waals surface area contributed by atoms with Crippen molar-refractivity contribution in [1.82, 2.24) is 19.3 Å². The van der Waals surface area contributed by atoms with Crippen molar-refractivity contribution < 1.29 is 35.9 Å². The van der Waals surface area contributed by atoms with Crippen molar-refractivity contribution in [1.29, 1.82) is 0 Å². The molecule has 2 atom stereocenters. The first-order valence-electron chi connectivity index (χ1n) is 15.3. The summed E-state index contributed by atoms with van der Waals surface area (Å²) >= 11 is 0. The Bertz CT molecular complexity index is 2060. The van der Waals surface area contributed by atoms with Crippen molar-refractivity contribution in [2.75, 3.05) is 11.9 Å². The molecule has 0 spiro atoms. The number of benzene rings is 2. The predicted octanol–water partition coefficient (Wildman–Crippen LogP) is 7.69. The lowest BCUT2D eigenvalue weighted by Gasteiger charge is -2.24. The molecule has 13 heteroatoms. The highest BCUT2D eigenvalue weighted by atomic mass is 19.4. The summed E-state index contributed by atoms with van der Waals surface area (Å²) in [4.78, 5) is 30.2. The van der Waals surface area contributed by atoms with Crippen LogP contribution < -0.4 is 10.6 Å². The SMILES string of the molecule is Cc1nc2cc(-c3cccn4c(C(=O)c5cc(F)c(NC(=O)/C=C/CN[C@H]6CCC[C@@H](F)C6)c(F)c5)ccc34)c(C(F)(F)F)cc2n1C. The van der Waals surface area contributed by atoms with Gasteiger partial charge in [0.2, 0.25) is 11.7 Å². The van der Waals surface area contributed by atoms with E-state index in [4.69, 9.17) is 0 Å². The first-order valence-corrected chi connectivity index (χ1v) is 15.3. The van der Waals surface area contributed by atoms with E-state index in [1.165, 1.54) is 47.0 Å². The summed E-state index contributed by atoms with van der Waals surface area (Å²) in [5, 5.41) is 5.26. The van der Waals surface area contributed by atoms with Gasteiger partial charge in [-0.1, -0.05) is 12.1 Å². The number of hydrogen-bond donors (Lipinski definition) is 2. The maximum absolute atomic E-state index is 15.1. The summed E-state index contributed by atoms with van der Waals surface area (Å²) in [5.41, 5.74) is -1.06. The molecule has 48 heavy (non-hydrogen) atoms. The van der Waals surface area contributed by atoms with Gasteiger partial charge in [0, 0.05) is 43.0 Å². The molecule has 1 fully saturated rings. The van der Waals surface area contributed by atoms with E-state index in [9.17, 15) is 27.2 Å². The molecule has 250 valence electrons. The number of rotatable bonds is 8. The third-order valence-corrected chi connectivity index (χ3v) is 8.72. The van der Waals surface area contributed by atoms with Crippen molar-refractivity contribution in [2.45, 2.75) is 51.0 Å². The Hall–Kier alpha value is -4.91. The molecule has 1 amide bonds. The second-order valence-electron chi connectivity index (χ2n) is 11.9. The third kappa shape index (κ3) is 6.46. The van der Waals surface area contributed by atoms with Gasteiger partial charge < -0.3 is 19.6 Å². The van der Waals surface area contributed by atoms with Crippen LogP contribution in [0.2, 0.25) is 0 Å². The monoisotopic (exact) mass is 667 g/mol. The molecular weight excluding hydrogens is 636 g/mol. The van der Waals surface area contributed by atoms with E-state index in [1.54, 1.807) is 18.5 Å². The number of aryl methyl sites for hydroxylation is 2. The first kappa shape index (κ1) is 33.0. The minimum Gasteiger partial charge on any atom is -0.331 e. The molecule has 2 aromatic carbocycles. The van der Waals surface area contributed by atoms with Gasteiger partial charge in [-0.05, 0) is 80.6 Å². The molecule has 0 bridgehead atoms. The van der Waals surface area contributed by atoms with Gasteiger partial charge >= 0.3 is 6.18 Å². The molecule has 0 unspecified atom stereocenters. The number of ketones is 1. The first-order chi connectivity index (χ1) is 22.8. The summed E-state index contributed by atoms with van der Waals surface area (Å²) in [6.45, 7) is 1.95. The molecule has 0 saturated heterocycles. The van der Waals surface area contributed by atoms with Crippen molar-refractivity contribution in [3.05, 3.63) is 101 Å². The van der Waals surface area contributed by atoms with Crippen LogP contribution in [0.1, 0.15) is 53.1 Å². The third-order valence-electron chi connectivity index (χ3n) is 8.72. The van der Waals surface area contributed by atoms with Crippen LogP contribution in [0.15, 0.2) is 66.9 Å². The number of pyridine rings is 1. The van der Waals surface area contributed by atoms with E-state index in [0.717, 1.165) is 37.1 Å². The number of amides is 1. The molecule has 3 heterocycles. The number of imidazole rings is 1. The minimum atomic E-state index is -4.70. The normalized spacial score (nSPS) is 17.1. The van der Waals surface area contributed by atoms with E-state index in [1.807, 2.05) is 0 Å². The van der Waals surface area contributed by atoms with Gasteiger partial charge in [0.25, 0.3) is 0 Å². The maximum atomic E-state index is 15.1. The smallest absolute Gasteiger partial charge is 0.331 e. The van der Waals surface area contributed by atoms with Crippen LogP contribution in [-0.2, 0) is 18.0 Å². The number of anilines is 1. The molecule has 3 aromatic heterocycles. The molecule has 5 aromatic rings. The fourth-order valence-corrected chi connectivity index (χ4v) is 6.22. The zero-order valence-electron chi connectivity index (χ0n) is 26.0. The maximum Gasteiger partial charge on any atom is 0.417 e. The number of fused-ring (bicyclic) bond motifs is 2. The van der Waals surface area contributed by atoms with Crippen LogP contribution in [0.5, 0.6) is 0 Å². The van der Waals surface area contributed by atoms with Gasteiger partial charge in [-0.25, -0.2) is 18.2 Å². The molecule has 6 rings (SSSR count). The van der Waals surface area contributed by atoms with Crippen LogP contribution in [0.4, 0.5) is 32.0 Å². The zero-order chi connectivity index (χ0) is 34.3. The predicted molar refractivity (Wildman–Crippen MR) is 170 cm³/mol. The summed E-state index contributed by atoms with van der Waals surface area (Å²) in [7, 11) is 1.63. The van der Waals surface area contributed by atoms with Crippen molar-refractivity contribution >= 4 is 33.9 Å². The number of alkyl halides is 4. The van der Waals surface area contributed by atoms with E-state index >= 15 is 8.78 Å². The molecule has 0 radical (unpaired) electrons. The molecule has 7 nitrogen and oxygen atoms in total. The molecule has 1 aliphatic rings. The number of aromatic nitrogens is 3. The molecule has 0 aliphatic heterocycles. The average Bonchev–Trinajstić information content (AvgIpc) is 3.59. The number of hydrogen-bond acceptors (Lipinski definition) is 4. The lowest BCUT2D eigenvalue weighted by molar-refractivity contribution is -0.137. The van der Waals surface area contributed by atoms with Gasteiger partial charge in [0.1, 0.15) is 29.3 Å². The Morgan fingerprint density at radius 1 is 1.02 bits per heavy atom. The number of carbonyl (C=O) groups excluding carboxylic acids is 2. The molecule has 2 N–H and O–H groups in total. The fourth-order valence-electron chi connectivity index (χ4n) is 6.22. The summed E-state index contributed by atoms with van der Waals surface area (Å²) in [6, 6.07) is 9.75. The van der Waals surface area contributed by atoms with Crippen LogP contribution >= 0.6 is 0 Å². The lowest BCUT2D eigenvalue weighted by Crippen LogP contribution is -2.34. The fraction of sp³-hybridized carbons (Fsp3) is 0.286. The second-order valence-corrected chi connectivity index (χ2v) is 11.9. The number of carbonyl (C=O) groups is 2. The Balaban J connectivity index is 1.24. The zero-order valence-corrected chi connectivity index (χ0v) is 26.0. The molecule has 1 aliphatic carbocycles. The van der Waals surface area contributed by atoms with E-state index in [0.29, 0.717) is 29.7 Å². The highest BCUT2D eigenvalue weighted by Gasteiger charge is 2.35. The van der Waals surface area contributed by atoms with Crippen molar-refractivity contribution in [2.24, 2.45) is 7.05 Å². The van der Waals surface area contributed by atoms with E-state index in [2.05, 4.69) is 15.6 Å². The van der Waals surface area contributed by atoms with Gasteiger partial charge in [-0.2, -0.15) is 13.2 Å². The Labute approximate surface area is 271 Å². The van der Waals surface area contributed by atoms with Crippen LogP contribution in [0.3, 0.4) is 0 Å². The van der Waals surface area contributed by atoms with Crippen molar-refractivity contribution in [3.63, 3.8) is 0 Å². The van der Waals surface area contributed by atoms with Crippen molar-refractivity contribution in [3.8, 4) is 11.1 Å². The molecular formula is C35H31F6N5O2. The number of halogens is 6. The van der Waals surface area contributed by atoms with Gasteiger partial charge in [-0.3, -0.25) is 9.59 Å². The Kier molecular flexibility index (Phi) is 8.90. The summed E-state index contributed by atoms with van der Waals surface area (Å²) in [6.07, 6.45) is 0.994. The summed E-state index contributed by atoms with van der Waals surface area (Å²) in [5.74, 6) is -3.44. The van der Waals surface area contributed by atoms with E-state index < -0.39 is 46.9 Å². The minimum absolute atomic E-state index is 0.0107. The molecule has 1 saturated carbocycles. The topological polar surface area (TPSA) is 80.4 Å². The van der Waals surface area contributed by atoms with Gasteiger partial charge in [0.05, 0.1) is 27.8 Å². The van der Waals surface area contributed by atoms with E-state index in [-0.39, 0.29) is 40.5 Å². The number of nitrogens with zero attached hydrogens (tertiary/aromatic N) is 3. The van der Waals surface area contributed by atoms with Crippen LogP contribution in [0, 0.1) is 18.6 Å². The Morgan fingerprint density at radius 3 is 2.48 bits per heavy atom. The lowest BCUT2D eigenvalue weighted by atomic mass is 9.94. The highest BCUT2D eigenvalue weighted by molar-refractivity contribution is 6.09. The number of nitrogens with one attached hydrogen (secondary N) is 2. The largest absolute Gasteiger partial charge is 0.417 e. The summed E-state index contributed by atoms with van der Waals surface area (Å²) < 4.78 is 89.5. The van der Waals surface area contributed by atoms with Crippen LogP contribution in [-0.4, -0.2) is 44.4 Å². The standard InChI is InChI=1S/C35H31F6N5O2/c1-19-43-28-17-24(25(35(39,40)41)18-31(28)45(19)2)23-8-5-13-46-29(23)10-11-30(46)34(48)20-14-26(37)33(27(38)15-20)44-32(47)9-4-12-42-22-7-3-6-21(36)16-22/h4-5,8-11,13-15,17-18,21-22,42H,3,6-7,12,16H2,1-2H3,(H,44,47)/b9-4+/t21-,22+/m1/s1. The Morgan fingerprint density at radius 2 is 1.77 bits per heavy atom. The van der Waals surface area contributed by atoms with Gasteiger partial charge in [0.15, 0.2) is 0 Å².